The number of ether oxygens (including phenoxy) is 1. The van der Waals surface area contributed by atoms with Gasteiger partial charge >= 0.3 is 0 Å². The number of aryl methyl sites for hydroxylation is 1. The van der Waals surface area contributed by atoms with Gasteiger partial charge in [0.2, 0.25) is 5.89 Å². The number of aliphatic hydroxyl groups is 1. The van der Waals surface area contributed by atoms with Gasteiger partial charge < -0.3 is 29.5 Å². The standard InChI is InChI=1S/C24H37N5O4/c1-17-14-20(7-8-21(17)23(31)25-18(2)16-30)32-13-5-6-19-9-11-29(12-10-19)24-26-22(33-27-24)15-28(3)4/h7-8,14,18-19,30H,5-6,9-13,15-16H2,1-4H3,(H,25,31). The molecule has 1 amide bonds. The maximum atomic E-state index is 12.3. The molecule has 2 aromatic rings. The number of nitrogens with zero attached hydrogens (tertiary/aromatic N) is 4. The van der Waals surface area contributed by atoms with Crippen molar-refractivity contribution in [1.29, 1.82) is 0 Å². The van der Waals surface area contributed by atoms with Crippen LogP contribution in [0.1, 0.15) is 54.4 Å². The molecule has 182 valence electrons. The number of aliphatic hydroxyl groups excluding tert-OH is 1. The van der Waals surface area contributed by atoms with Crippen molar-refractivity contribution >= 4 is 11.9 Å². The van der Waals surface area contributed by atoms with E-state index in [1.54, 1.807) is 13.0 Å². The zero-order chi connectivity index (χ0) is 23.8. The van der Waals surface area contributed by atoms with E-state index in [1.165, 1.54) is 0 Å². The van der Waals surface area contributed by atoms with E-state index in [0.717, 1.165) is 50.1 Å². The van der Waals surface area contributed by atoms with Crippen LogP contribution in [0.2, 0.25) is 0 Å². The van der Waals surface area contributed by atoms with Crippen molar-refractivity contribution in [1.82, 2.24) is 20.4 Å². The van der Waals surface area contributed by atoms with Gasteiger partial charge in [-0.3, -0.25) is 4.79 Å². The number of benzene rings is 1. The number of amides is 1. The minimum Gasteiger partial charge on any atom is -0.494 e. The van der Waals surface area contributed by atoms with Crippen molar-refractivity contribution in [3.8, 4) is 5.75 Å². The average Bonchev–Trinajstić information content (AvgIpc) is 3.24. The fourth-order valence-electron chi connectivity index (χ4n) is 4.02. The number of aromatic nitrogens is 2. The van der Waals surface area contributed by atoms with Gasteiger partial charge in [0.15, 0.2) is 0 Å². The summed E-state index contributed by atoms with van der Waals surface area (Å²) < 4.78 is 11.3. The Morgan fingerprint density at radius 3 is 2.79 bits per heavy atom. The largest absolute Gasteiger partial charge is 0.494 e. The third-order valence-corrected chi connectivity index (χ3v) is 5.93. The van der Waals surface area contributed by atoms with Crippen molar-refractivity contribution in [2.24, 2.45) is 5.92 Å². The van der Waals surface area contributed by atoms with Crippen LogP contribution in [-0.4, -0.2) is 72.5 Å². The fraction of sp³-hybridized carbons (Fsp3) is 0.625. The van der Waals surface area contributed by atoms with Gasteiger partial charge in [0.05, 0.1) is 19.8 Å². The van der Waals surface area contributed by atoms with Crippen LogP contribution in [0.25, 0.3) is 0 Å². The summed E-state index contributed by atoms with van der Waals surface area (Å²) in [6.45, 7) is 6.79. The van der Waals surface area contributed by atoms with Crippen molar-refractivity contribution in [3.63, 3.8) is 0 Å². The van der Waals surface area contributed by atoms with E-state index in [4.69, 9.17) is 14.4 Å². The van der Waals surface area contributed by atoms with E-state index < -0.39 is 0 Å². The first kappa shape index (κ1) is 25.0. The SMILES string of the molecule is Cc1cc(OCCCC2CCN(c3noc(CN(C)C)n3)CC2)ccc1C(=O)NC(C)CO. The molecule has 1 atom stereocenters. The van der Waals surface area contributed by atoms with Crippen LogP contribution < -0.4 is 15.0 Å². The van der Waals surface area contributed by atoms with E-state index in [0.29, 0.717) is 36.5 Å². The lowest BCUT2D eigenvalue weighted by Crippen LogP contribution is -2.35. The van der Waals surface area contributed by atoms with Gasteiger partial charge in [-0.1, -0.05) is 0 Å². The molecule has 33 heavy (non-hydrogen) atoms. The highest BCUT2D eigenvalue weighted by molar-refractivity contribution is 5.95. The second kappa shape index (κ2) is 12.0. The Labute approximate surface area is 196 Å². The zero-order valence-corrected chi connectivity index (χ0v) is 20.2. The Bertz CT molecular complexity index is 893. The summed E-state index contributed by atoms with van der Waals surface area (Å²) in [4.78, 5) is 21.0. The first-order chi connectivity index (χ1) is 15.9. The lowest BCUT2D eigenvalue weighted by Gasteiger charge is -2.30. The highest BCUT2D eigenvalue weighted by Crippen LogP contribution is 2.25. The van der Waals surface area contributed by atoms with Gasteiger partial charge in [-0.05, 0) is 88.5 Å². The number of hydrogen-bond acceptors (Lipinski definition) is 8. The molecule has 3 rings (SSSR count). The molecule has 0 aliphatic carbocycles. The van der Waals surface area contributed by atoms with E-state index in [9.17, 15) is 4.79 Å². The van der Waals surface area contributed by atoms with E-state index in [2.05, 4.69) is 20.4 Å². The quantitative estimate of drug-likeness (QED) is 0.494. The topological polar surface area (TPSA) is 104 Å². The Morgan fingerprint density at radius 2 is 2.12 bits per heavy atom. The summed E-state index contributed by atoms with van der Waals surface area (Å²) in [5, 5.41) is 16.0. The minimum atomic E-state index is -0.271. The number of rotatable bonds is 11. The first-order valence-electron chi connectivity index (χ1n) is 11.7. The predicted molar refractivity (Wildman–Crippen MR) is 127 cm³/mol. The highest BCUT2D eigenvalue weighted by Gasteiger charge is 2.22. The summed E-state index contributed by atoms with van der Waals surface area (Å²) >= 11 is 0. The zero-order valence-electron chi connectivity index (χ0n) is 20.2. The summed E-state index contributed by atoms with van der Waals surface area (Å²) in [6, 6.07) is 5.24. The van der Waals surface area contributed by atoms with Crippen molar-refractivity contribution in [3.05, 3.63) is 35.2 Å². The second-order valence-electron chi connectivity index (χ2n) is 9.18. The van der Waals surface area contributed by atoms with E-state index >= 15 is 0 Å². The van der Waals surface area contributed by atoms with Crippen molar-refractivity contribution in [2.75, 3.05) is 45.3 Å². The van der Waals surface area contributed by atoms with Gasteiger partial charge in [0, 0.05) is 24.7 Å². The Morgan fingerprint density at radius 1 is 1.36 bits per heavy atom. The normalized spacial score (nSPS) is 15.6. The summed E-state index contributed by atoms with van der Waals surface area (Å²) in [5.41, 5.74) is 1.46. The van der Waals surface area contributed by atoms with Crippen LogP contribution in [0.5, 0.6) is 5.75 Å². The summed E-state index contributed by atoms with van der Waals surface area (Å²) in [7, 11) is 3.96. The van der Waals surface area contributed by atoms with Crippen LogP contribution in [-0.2, 0) is 6.54 Å². The highest BCUT2D eigenvalue weighted by atomic mass is 16.5. The lowest BCUT2D eigenvalue weighted by atomic mass is 9.92. The minimum absolute atomic E-state index is 0.0835. The smallest absolute Gasteiger partial charge is 0.266 e. The molecule has 0 saturated carbocycles. The number of anilines is 1. The molecule has 1 aliphatic rings. The predicted octanol–water partition coefficient (Wildman–Crippen LogP) is 2.63. The van der Waals surface area contributed by atoms with E-state index in [-0.39, 0.29) is 18.6 Å². The molecule has 1 saturated heterocycles. The maximum absolute atomic E-state index is 12.3. The van der Waals surface area contributed by atoms with Crippen LogP contribution >= 0.6 is 0 Å². The molecule has 0 bridgehead atoms. The summed E-state index contributed by atoms with van der Waals surface area (Å²) in [5.74, 6) is 2.63. The molecule has 0 radical (unpaired) electrons. The molecule has 9 heteroatoms. The van der Waals surface area contributed by atoms with Crippen LogP contribution in [0.15, 0.2) is 22.7 Å². The van der Waals surface area contributed by atoms with Gasteiger partial charge in [-0.15, -0.1) is 0 Å². The monoisotopic (exact) mass is 459 g/mol. The van der Waals surface area contributed by atoms with E-state index in [1.807, 2.05) is 38.1 Å². The molecular weight excluding hydrogens is 422 g/mol. The molecule has 2 N–H and O–H groups in total. The third kappa shape index (κ3) is 7.43. The number of piperidine rings is 1. The molecule has 0 spiro atoms. The van der Waals surface area contributed by atoms with Crippen molar-refractivity contribution in [2.45, 2.75) is 52.1 Å². The number of carbonyl (C=O) groups excluding carboxylic acids is 1. The molecule has 1 aliphatic heterocycles. The molecule has 1 aromatic carbocycles. The number of nitrogens with one attached hydrogen (secondary N) is 1. The molecular formula is C24H37N5O4. The molecule has 1 fully saturated rings. The Hall–Kier alpha value is -2.65. The molecule has 2 heterocycles. The maximum Gasteiger partial charge on any atom is 0.266 e. The van der Waals surface area contributed by atoms with Gasteiger partial charge in [-0.25, -0.2) is 0 Å². The van der Waals surface area contributed by atoms with Crippen LogP contribution in [0.3, 0.4) is 0 Å². The van der Waals surface area contributed by atoms with Crippen LogP contribution in [0.4, 0.5) is 5.95 Å². The molecule has 9 nitrogen and oxygen atoms in total. The lowest BCUT2D eigenvalue weighted by molar-refractivity contribution is 0.0921. The van der Waals surface area contributed by atoms with Crippen molar-refractivity contribution < 1.29 is 19.2 Å². The Balaban J connectivity index is 1.36. The van der Waals surface area contributed by atoms with Gasteiger partial charge in [0.1, 0.15) is 5.75 Å². The Kier molecular flexibility index (Phi) is 9.08. The van der Waals surface area contributed by atoms with Crippen LogP contribution in [0, 0.1) is 12.8 Å². The first-order valence-corrected chi connectivity index (χ1v) is 11.7. The third-order valence-electron chi connectivity index (χ3n) is 5.93. The number of hydrogen-bond donors (Lipinski definition) is 2. The van der Waals surface area contributed by atoms with Gasteiger partial charge in [0.25, 0.3) is 11.9 Å². The molecule has 1 aromatic heterocycles. The average molecular weight is 460 g/mol. The molecule has 1 unspecified atom stereocenters. The second-order valence-corrected chi connectivity index (χ2v) is 9.18. The summed E-state index contributed by atoms with van der Waals surface area (Å²) in [6.07, 6.45) is 4.36. The van der Waals surface area contributed by atoms with Gasteiger partial charge in [-0.2, -0.15) is 4.98 Å². The fourth-order valence-corrected chi connectivity index (χ4v) is 4.02. The number of carbonyl (C=O) groups is 1.